The molecule has 2 aromatic carbocycles. The molecule has 5 heteroatoms. The molecular formula is C21H23NO3S. The molecule has 2 unspecified atom stereocenters. The van der Waals surface area contributed by atoms with Crippen LogP contribution in [0.3, 0.4) is 0 Å². The number of ketones is 1. The summed E-state index contributed by atoms with van der Waals surface area (Å²) < 4.78 is 28.0. The van der Waals surface area contributed by atoms with Crippen LogP contribution in [0.1, 0.15) is 41.9 Å². The topological polar surface area (TPSA) is 54.5 Å². The van der Waals surface area contributed by atoms with Crippen LogP contribution in [0.5, 0.6) is 0 Å². The summed E-state index contributed by atoms with van der Waals surface area (Å²) in [6, 6.07) is 14.7. The number of carbonyl (C=O) groups is 1. The summed E-state index contributed by atoms with van der Waals surface area (Å²) in [6.07, 6.45) is 2.77. The van der Waals surface area contributed by atoms with E-state index in [4.69, 9.17) is 0 Å². The molecule has 1 fully saturated rings. The van der Waals surface area contributed by atoms with Crippen LogP contribution < -0.4 is 0 Å². The molecule has 2 atom stereocenters. The lowest BCUT2D eigenvalue weighted by molar-refractivity contribution is -0.121. The van der Waals surface area contributed by atoms with Gasteiger partial charge in [0.05, 0.1) is 10.8 Å². The number of carbonyl (C=O) groups excluding carboxylic acids is 1. The minimum atomic E-state index is -3.60. The Kier molecular flexibility index (Phi) is 4.45. The predicted octanol–water partition coefficient (Wildman–Crippen LogP) is 3.45. The van der Waals surface area contributed by atoms with Crippen LogP contribution in [-0.4, -0.2) is 31.1 Å². The zero-order valence-electron chi connectivity index (χ0n) is 14.9. The van der Waals surface area contributed by atoms with Crippen molar-refractivity contribution in [3.05, 3.63) is 65.2 Å². The first-order valence-electron chi connectivity index (χ1n) is 9.17. The van der Waals surface area contributed by atoms with E-state index in [-0.39, 0.29) is 17.7 Å². The van der Waals surface area contributed by atoms with Gasteiger partial charge in [0.2, 0.25) is 10.0 Å². The Balaban J connectivity index is 1.73. The van der Waals surface area contributed by atoms with Gasteiger partial charge in [-0.1, -0.05) is 42.0 Å². The fraction of sp³-hybridized carbons (Fsp3) is 0.381. The minimum Gasteiger partial charge on any atom is -0.299 e. The highest BCUT2D eigenvalue weighted by Gasteiger charge is 2.44. The molecule has 0 radical (unpaired) electrons. The number of fused-ring (bicyclic) bond motifs is 1. The number of nitrogens with zero attached hydrogens (tertiary/aromatic N) is 1. The molecule has 2 aromatic rings. The van der Waals surface area contributed by atoms with Crippen LogP contribution in [0, 0.1) is 6.92 Å². The molecule has 0 N–H and O–H groups in total. The van der Waals surface area contributed by atoms with Gasteiger partial charge >= 0.3 is 0 Å². The van der Waals surface area contributed by atoms with E-state index in [9.17, 15) is 13.2 Å². The maximum absolute atomic E-state index is 13.2. The summed E-state index contributed by atoms with van der Waals surface area (Å²) in [5.41, 5.74) is 3.22. The number of hydrogen-bond donors (Lipinski definition) is 0. The molecule has 0 spiro atoms. The average Bonchev–Trinajstić information content (AvgIpc) is 3.12. The smallest absolute Gasteiger partial charge is 0.243 e. The van der Waals surface area contributed by atoms with Crippen molar-refractivity contribution < 1.29 is 13.2 Å². The van der Waals surface area contributed by atoms with Crippen LogP contribution >= 0.6 is 0 Å². The van der Waals surface area contributed by atoms with Gasteiger partial charge < -0.3 is 0 Å². The quantitative estimate of drug-likeness (QED) is 0.833. The van der Waals surface area contributed by atoms with Crippen LogP contribution in [0.15, 0.2) is 53.4 Å². The monoisotopic (exact) mass is 369 g/mol. The van der Waals surface area contributed by atoms with Crippen LogP contribution in [0.2, 0.25) is 0 Å². The molecule has 0 amide bonds. The lowest BCUT2D eigenvalue weighted by Crippen LogP contribution is -2.43. The molecule has 136 valence electrons. The van der Waals surface area contributed by atoms with Crippen molar-refractivity contribution >= 4 is 15.8 Å². The standard InChI is InChI=1S/C21H23NO3S/c1-15-8-11-17(12-9-15)26(24,25)22-14-4-7-19(22)21-18-6-3-2-5-16(18)10-13-20(21)23/h2-3,5-6,8-9,11-12,19,21H,4,7,10,13-14H2,1H3. The van der Waals surface area contributed by atoms with E-state index in [0.717, 1.165) is 30.4 Å². The number of benzene rings is 2. The van der Waals surface area contributed by atoms with Gasteiger partial charge in [0.15, 0.2) is 0 Å². The van der Waals surface area contributed by atoms with Gasteiger partial charge in [0.25, 0.3) is 0 Å². The Labute approximate surface area is 154 Å². The molecule has 26 heavy (non-hydrogen) atoms. The number of Topliss-reactive ketones (excluding diaryl/α,β-unsaturated/α-hetero) is 1. The average molecular weight is 369 g/mol. The second-order valence-electron chi connectivity index (χ2n) is 7.28. The molecule has 1 saturated heterocycles. The van der Waals surface area contributed by atoms with E-state index in [2.05, 4.69) is 6.07 Å². The third kappa shape index (κ3) is 2.89. The number of aryl methyl sites for hydroxylation is 2. The summed E-state index contributed by atoms with van der Waals surface area (Å²) in [7, 11) is -3.60. The highest BCUT2D eigenvalue weighted by molar-refractivity contribution is 7.89. The Morgan fingerprint density at radius 2 is 1.73 bits per heavy atom. The van der Waals surface area contributed by atoms with Crippen molar-refractivity contribution in [2.24, 2.45) is 0 Å². The van der Waals surface area contributed by atoms with Crippen molar-refractivity contribution in [2.45, 2.75) is 49.5 Å². The van der Waals surface area contributed by atoms with Crippen LogP contribution in [-0.2, 0) is 21.2 Å². The first-order valence-corrected chi connectivity index (χ1v) is 10.6. The van der Waals surface area contributed by atoms with Gasteiger partial charge in [0, 0.05) is 19.0 Å². The van der Waals surface area contributed by atoms with Gasteiger partial charge in [-0.3, -0.25) is 4.79 Å². The van der Waals surface area contributed by atoms with Gasteiger partial charge in [-0.2, -0.15) is 4.31 Å². The zero-order valence-corrected chi connectivity index (χ0v) is 15.7. The van der Waals surface area contributed by atoms with Crippen molar-refractivity contribution in [3.8, 4) is 0 Å². The lowest BCUT2D eigenvalue weighted by Gasteiger charge is -2.34. The first-order chi connectivity index (χ1) is 12.5. The fourth-order valence-corrected chi connectivity index (χ4v) is 6.02. The van der Waals surface area contributed by atoms with E-state index in [0.29, 0.717) is 17.9 Å². The molecule has 1 heterocycles. The largest absolute Gasteiger partial charge is 0.299 e. The summed E-state index contributed by atoms with van der Waals surface area (Å²) in [6.45, 7) is 2.42. The predicted molar refractivity (Wildman–Crippen MR) is 101 cm³/mol. The third-order valence-corrected chi connectivity index (χ3v) is 7.58. The van der Waals surface area contributed by atoms with E-state index in [1.54, 1.807) is 16.4 Å². The number of hydrogen-bond acceptors (Lipinski definition) is 3. The van der Waals surface area contributed by atoms with Crippen molar-refractivity contribution in [1.82, 2.24) is 4.31 Å². The highest BCUT2D eigenvalue weighted by atomic mass is 32.2. The second kappa shape index (κ2) is 6.63. The van der Waals surface area contributed by atoms with Gasteiger partial charge in [-0.15, -0.1) is 0 Å². The summed E-state index contributed by atoms with van der Waals surface area (Å²) in [5, 5.41) is 0. The van der Waals surface area contributed by atoms with E-state index >= 15 is 0 Å². The molecular weight excluding hydrogens is 346 g/mol. The maximum Gasteiger partial charge on any atom is 0.243 e. The number of rotatable bonds is 3. The molecule has 4 rings (SSSR count). The zero-order chi connectivity index (χ0) is 18.3. The Morgan fingerprint density at radius 3 is 2.50 bits per heavy atom. The number of sulfonamides is 1. The summed E-state index contributed by atoms with van der Waals surface area (Å²) in [5.74, 6) is -0.178. The van der Waals surface area contributed by atoms with Gasteiger partial charge in [-0.05, 0) is 49.4 Å². The minimum absolute atomic E-state index is 0.166. The Morgan fingerprint density at radius 1 is 1.00 bits per heavy atom. The molecule has 1 aliphatic heterocycles. The van der Waals surface area contributed by atoms with E-state index < -0.39 is 10.0 Å². The summed E-state index contributed by atoms with van der Waals surface area (Å²) in [4.78, 5) is 13.1. The molecule has 4 nitrogen and oxygen atoms in total. The first kappa shape index (κ1) is 17.4. The van der Waals surface area contributed by atoms with E-state index in [1.807, 2.05) is 37.3 Å². The van der Waals surface area contributed by atoms with Gasteiger partial charge in [-0.25, -0.2) is 8.42 Å². The van der Waals surface area contributed by atoms with Crippen LogP contribution in [0.4, 0.5) is 0 Å². The maximum atomic E-state index is 13.2. The molecule has 1 aliphatic carbocycles. The van der Waals surface area contributed by atoms with Gasteiger partial charge in [0.1, 0.15) is 5.78 Å². The highest BCUT2D eigenvalue weighted by Crippen LogP contribution is 2.40. The second-order valence-corrected chi connectivity index (χ2v) is 9.17. The molecule has 0 saturated carbocycles. The fourth-order valence-electron chi connectivity index (χ4n) is 4.32. The lowest BCUT2D eigenvalue weighted by atomic mass is 9.77. The molecule has 0 aromatic heterocycles. The van der Waals surface area contributed by atoms with Crippen molar-refractivity contribution in [3.63, 3.8) is 0 Å². The van der Waals surface area contributed by atoms with E-state index in [1.165, 1.54) is 5.56 Å². The normalized spacial score (nSPS) is 23.8. The Bertz CT molecular complexity index is 934. The molecule has 2 aliphatic rings. The molecule has 0 bridgehead atoms. The summed E-state index contributed by atoms with van der Waals surface area (Å²) >= 11 is 0. The van der Waals surface area contributed by atoms with Crippen molar-refractivity contribution in [1.29, 1.82) is 0 Å². The third-order valence-electron chi connectivity index (χ3n) is 5.64. The van der Waals surface area contributed by atoms with Crippen molar-refractivity contribution in [2.75, 3.05) is 6.54 Å². The SMILES string of the molecule is Cc1ccc(S(=O)(=O)N2CCCC2C2C(=O)CCc3ccccc32)cc1. The Hall–Kier alpha value is -1.98. The van der Waals surface area contributed by atoms with Crippen LogP contribution in [0.25, 0.3) is 0 Å².